The van der Waals surface area contributed by atoms with Gasteiger partial charge in [0.1, 0.15) is 17.9 Å². The molecule has 0 aliphatic rings. The van der Waals surface area contributed by atoms with Crippen molar-refractivity contribution >= 4 is 16.7 Å². The van der Waals surface area contributed by atoms with Crippen molar-refractivity contribution in [3.8, 4) is 5.75 Å². The van der Waals surface area contributed by atoms with Crippen LogP contribution in [0.2, 0.25) is 0 Å². The Balaban J connectivity index is 1.72. The molecule has 0 atom stereocenters. The topological polar surface area (TPSA) is 66.0 Å². The van der Waals surface area contributed by atoms with E-state index in [1.54, 1.807) is 24.3 Å². The summed E-state index contributed by atoms with van der Waals surface area (Å²) < 4.78 is 33.3. The highest BCUT2D eigenvalue weighted by molar-refractivity contribution is 5.74. The molecule has 0 saturated heterocycles. The Bertz CT molecular complexity index is 788. The number of hydrogen-bond donors (Lipinski definition) is 1. The number of anilines is 1. The fourth-order valence-corrected chi connectivity index (χ4v) is 1.98. The highest BCUT2D eigenvalue weighted by atomic mass is 19.2. The normalized spacial score (nSPS) is 11.0. The molecule has 2 aromatic carbocycles. The fraction of sp³-hybridized carbons (Fsp3) is 0.143. The van der Waals surface area contributed by atoms with Crippen LogP contribution in [-0.4, -0.2) is 21.6 Å². The van der Waals surface area contributed by atoms with Gasteiger partial charge >= 0.3 is 0 Å². The van der Waals surface area contributed by atoms with Crippen LogP contribution in [0.15, 0.2) is 36.4 Å². The van der Waals surface area contributed by atoms with Crippen LogP contribution in [0.3, 0.4) is 0 Å². The minimum absolute atomic E-state index is 0.304. The predicted octanol–water partition coefficient (Wildman–Crippen LogP) is 2.37. The number of nitrogens with two attached hydrogens (primary N) is 1. The molecule has 21 heavy (non-hydrogen) atoms. The summed E-state index contributed by atoms with van der Waals surface area (Å²) in [6.07, 6.45) is 0. The lowest BCUT2D eigenvalue weighted by Crippen LogP contribution is -2.09. The summed E-state index contributed by atoms with van der Waals surface area (Å²) >= 11 is 0. The Morgan fingerprint density at radius 1 is 1.14 bits per heavy atom. The zero-order chi connectivity index (χ0) is 14.8. The Hall–Kier alpha value is -2.70. The van der Waals surface area contributed by atoms with Gasteiger partial charge in [-0.05, 0) is 12.1 Å². The molecule has 1 heterocycles. The van der Waals surface area contributed by atoms with Crippen LogP contribution in [-0.2, 0) is 6.54 Å². The van der Waals surface area contributed by atoms with E-state index in [2.05, 4.69) is 10.3 Å². The molecule has 1 aromatic heterocycles. The first-order chi connectivity index (χ1) is 10.1. The summed E-state index contributed by atoms with van der Waals surface area (Å²) in [6, 6.07) is 9.13. The zero-order valence-corrected chi connectivity index (χ0v) is 11.0. The zero-order valence-electron chi connectivity index (χ0n) is 11.0. The van der Waals surface area contributed by atoms with Gasteiger partial charge in [0.15, 0.2) is 11.6 Å². The summed E-state index contributed by atoms with van der Waals surface area (Å²) in [5.41, 5.74) is 6.98. The summed E-state index contributed by atoms with van der Waals surface area (Å²) in [7, 11) is 0. The maximum absolute atomic E-state index is 13.2. The van der Waals surface area contributed by atoms with Crippen molar-refractivity contribution < 1.29 is 13.5 Å². The molecule has 0 spiro atoms. The highest BCUT2D eigenvalue weighted by Gasteiger charge is 2.10. The van der Waals surface area contributed by atoms with E-state index >= 15 is 0 Å². The van der Waals surface area contributed by atoms with Gasteiger partial charge in [0.25, 0.3) is 0 Å². The SMILES string of the molecule is Nc1cccc(OCCn2nnc3cc(F)c(F)cc32)c1. The average molecular weight is 290 g/mol. The maximum Gasteiger partial charge on any atom is 0.161 e. The molecular formula is C14H12F2N4O. The molecular weight excluding hydrogens is 278 g/mol. The van der Waals surface area contributed by atoms with Crippen LogP contribution in [0.4, 0.5) is 14.5 Å². The van der Waals surface area contributed by atoms with Crippen molar-refractivity contribution in [3.05, 3.63) is 48.0 Å². The van der Waals surface area contributed by atoms with Gasteiger partial charge in [-0.2, -0.15) is 0 Å². The monoisotopic (exact) mass is 290 g/mol. The number of benzene rings is 2. The van der Waals surface area contributed by atoms with Crippen molar-refractivity contribution in [1.82, 2.24) is 15.0 Å². The third-order valence-corrected chi connectivity index (χ3v) is 2.99. The lowest BCUT2D eigenvalue weighted by molar-refractivity contribution is 0.292. The number of fused-ring (bicyclic) bond motifs is 1. The largest absolute Gasteiger partial charge is 0.492 e. The number of nitrogens with zero attached hydrogens (tertiary/aromatic N) is 3. The summed E-state index contributed by atoms with van der Waals surface area (Å²) in [4.78, 5) is 0. The molecule has 0 saturated carbocycles. The van der Waals surface area contributed by atoms with E-state index < -0.39 is 11.6 Å². The predicted molar refractivity (Wildman–Crippen MR) is 73.8 cm³/mol. The smallest absolute Gasteiger partial charge is 0.161 e. The third-order valence-electron chi connectivity index (χ3n) is 2.99. The minimum Gasteiger partial charge on any atom is -0.492 e. The van der Waals surface area contributed by atoms with Gasteiger partial charge in [0, 0.05) is 23.9 Å². The van der Waals surface area contributed by atoms with Crippen molar-refractivity contribution in [1.29, 1.82) is 0 Å². The maximum atomic E-state index is 13.2. The average Bonchev–Trinajstić information content (AvgIpc) is 2.82. The second kappa shape index (κ2) is 5.35. The molecule has 0 aliphatic carbocycles. The van der Waals surface area contributed by atoms with Crippen LogP contribution < -0.4 is 10.5 Å². The van der Waals surface area contributed by atoms with Crippen LogP contribution in [0, 0.1) is 11.6 Å². The fourth-order valence-electron chi connectivity index (χ4n) is 1.98. The molecule has 7 heteroatoms. The second-order valence-corrected chi connectivity index (χ2v) is 4.49. The van der Waals surface area contributed by atoms with E-state index in [9.17, 15) is 8.78 Å². The summed E-state index contributed by atoms with van der Waals surface area (Å²) in [5, 5.41) is 7.65. The van der Waals surface area contributed by atoms with Crippen molar-refractivity contribution in [3.63, 3.8) is 0 Å². The molecule has 0 radical (unpaired) electrons. The van der Waals surface area contributed by atoms with Gasteiger partial charge in [-0.1, -0.05) is 11.3 Å². The van der Waals surface area contributed by atoms with Crippen LogP contribution >= 0.6 is 0 Å². The molecule has 2 N–H and O–H groups in total. The first-order valence-electron chi connectivity index (χ1n) is 6.30. The molecule has 0 fully saturated rings. The minimum atomic E-state index is -0.939. The Morgan fingerprint density at radius 2 is 1.95 bits per heavy atom. The standard InChI is InChI=1S/C14H12F2N4O/c15-11-7-13-14(8-12(11)16)20(19-18-13)4-5-21-10-3-1-2-9(17)6-10/h1-3,6-8H,4-5,17H2. The lowest BCUT2D eigenvalue weighted by Gasteiger charge is -2.07. The van der Waals surface area contributed by atoms with Gasteiger partial charge in [-0.15, -0.1) is 5.10 Å². The first kappa shape index (κ1) is 13.3. The van der Waals surface area contributed by atoms with Gasteiger partial charge in [-0.3, -0.25) is 0 Å². The van der Waals surface area contributed by atoms with Crippen LogP contribution in [0.5, 0.6) is 5.75 Å². The Labute approximate surface area is 118 Å². The molecule has 0 amide bonds. The second-order valence-electron chi connectivity index (χ2n) is 4.49. The number of rotatable bonds is 4. The summed E-state index contributed by atoms with van der Waals surface area (Å²) in [6.45, 7) is 0.664. The van der Waals surface area contributed by atoms with E-state index in [0.29, 0.717) is 35.6 Å². The molecule has 5 nitrogen and oxygen atoms in total. The number of ether oxygens (including phenoxy) is 1. The van der Waals surface area contributed by atoms with E-state index in [1.165, 1.54) is 4.68 Å². The van der Waals surface area contributed by atoms with Crippen molar-refractivity contribution in [2.75, 3.05) is 12.3 Å². The Kier molecular flexibility index (Phi) is 3.39. The number of aromatic nitrogens is 3. The first-order valence-corrected chi connectivity index (χ1v) is 6.30. The van der Waals surface area contributed by atoms with Crippen LogP contribution in [0.25, 0.3) is 11.0 Å². The van der Waals surface area contributed by atoms with Gasteiger partial charge in [-0.25, -0.2) is 13.5 Å². The number of halogens is 2. The van der Waals surface area contributed by atoms with Gasteiger partial charge in [0.05, 0.1) is 12.1 Å². The number of hydrogen-bond acceptors (Lipinski definition) is 4. The van der Waals surface area contributed by atoms with E-state index in [-0.39, 0.29) is 0 Å². The number of nitrogen functional groups attached to an aromatic ring is 1. The highest BCUT2D eigenvalue weighted by Crippen LogP contribution is 2.17. The molecule has 3 rings (SSSR count). The van der Waals surface area contributed by atoms with Gasteiger partial charge in [0.2, 0.25) is 0 Å². The third kappa shape index (κ3) is 2.76. The molecule has 108 valence electrons. The van der Waals surface area contributed by atoms with Gasteiger partial charge < -0.3 is 10.5 Å². The van der Waals surface area contributed by atoms with Crippen molar-refractivity contribution in [2.45, 2.75) is 6.54 Å². The molecule has 0 aliphatic heterocycles. The van der Waals surface area contributed by atoms with E-state index in [0.717, 1.165) is 12.1 Å². The quantitative estimate of drug-likeness (QED) is 0.749. The molecule has 0 bridgehead atoms. The van der Waals surface area contributed by atoms with Crippen molar-refractivity contribution in [2.24, 2.45) is 0 Å². The van der Waals surface area contributed by atoms with Crippen LogP contribution in [0.1, 0.15) is 0 Å². The summed E-state index contributed by atoms with van der Waals surface area (Å²) in [5.74, 6) is -1.23. The molecule has 0 unspecified atom stereocenters. The van der Waals surface area contributed by atoms with E-state index in [4.69, 9.17) is 10.5 Å². The molecule has 3 aromatic rings. The Morgan fingerprint density at radius 3 is 2.76 bits per heavy atom. The lowest BCUT2D eigenvalue weighted by atomic mass is 10.3. The van der Waals surface area contributed by atoms with E-state index in [1.807, 2.05) is 0 Å².